The number of halogens is 1. The van der Waals surface area contributed by atoms with E-state index in [1.165, 1.54) is 20.0 Å². The molecule has 5 nitrogen and oxygen atoms in total. The lowest BCUT2D eigenvalue weighted by Crippen LogP contribution is -2.36. The van der Waals surface area contributed by atoms with Crippen molar-refractivity contribution in [1.82, 2.24) is 10.6 Å². The largest absolute Gasteiger partial charge is 0.468 e. The second-order valence-electron chi connectivity index (χ2n) is 4.64. The smallest absolute Gasteiger partial charge is 0.325 e. The predicted molar refractivity (Wildman–Crippen MR) is 71.6 cm³/mol. The SMILES string of the molecule is COC(=O)CNC(=O)CC(C)C1CCCNC1.Cl. The van der Waals surface area contributed by atoms with Crippen LogP contribution in [0, 0.1) is 11.8 Å². The van der Waals surface area contributed by atoms with Crippen LogP contribution >= 0.6 is 12.4 Å². The highest BCUT2D eigenvalue weighted by Crippen LogP contribution is 2.22. The molecule has 0 aromatic carbocycles. The van der Waals surface area contributed by atoms with Crippen LogP contribution in [0.3, 0.4) is 0 Å². The Morgan fingerprint density at radius 2 is 2.22 bits per heavy atom. The van der Waals surface area contributed by atoms with Crippen LogP contribution in [0.15, 0.2) is 0 Å². The van der Waals surface area contributed by atoms with Crippen molar-refractivity contribution in [3.8, 4) is 0 Å². The molecule has 0 bridgehead atoms. The van der Waals surface area contributed by atoms with E-state index in [2.05, 4.69) is 22.3 Å². The van der Waals surface area contributed by atoms with Crippen LogP contribution in [0.4, 0.5) is 0 Å². The summed E-state index contributed by atoms with van der Waals surface area (Å²) in [7, 11) is 1.31. The zero-order valence-corrected chi connectivity index (χ0v) is 11.8. The second kappa shape index (κ2) is 9.16. The number of rotatable bonds is 5. The number of carbonyl (C=O) groups excluding carboxylic acids is 2. The van der Waals surface area contributed by atoms with Gasteiger partial charge >= 0.3 is 5.97 Å². The summed E-state index contributed by atoms with van der Waals surface area (Å²) in [5.41, 5.74) is 0. The molecular weight excluding hydrogens is 256 g/mol. The van der Waals surface area contributed by atoms with E-state index in [9.17, 15) is 9.59 Å². The normalized spacial score (nSPS) is 20.4. The van der Waals surface area contributed by atoms with Crippen LogP contribution in [0.2, 0.25) is 0 Å². The molecule has 1 saturated heterocycles. The number of hydrogen-bond donors (Lipinski definition) is 2. The summed E-state index contributed by atoms with van der Waals surface area (Å²) >= 11 is 0. The van der Waals surface area contributed by atoms with Gasteiger partial charge in [-0.05, 0) is 37.8 Å². The monoisotopic (exact) mass is 278 g/mol. The van der Waals surface area contributed by atoms with Gasteiger partial charge in [0, 0.05) is 6.42 Å². The molecule has 1 rings (SSSR count). The number of methoxy groups -OCH3 is 1. The predicted octanol–water partition coefficient (Wildman–Crippen LogP) is 0.723. The molecule has 0 radical (unpaired) electrons. The van der Waals surface area contributed by atoms with Crippen LogP contribution in [0.5, 0.6) is 0 Å². The molecule has 0 saturated carbocycles. The fraction of sp³-hybridized carbons (Fsp3) is 0.833. The minimum absolute atomic E-state index is 0. The first-order valence-corrected chi connectivity index (χ1v) is 6.17. The number of carbonyl (C=O) groups is 2. The average molecular weight is 279 g/mol. The van der Waals surface area contributed by atoms with Crippen LogP contribution < -0.4 is 10.6 Å². The molecule has 1 heterocycles. The van der Waals surface area contributed by atoms with Crippen LogP contribution in [0.25, 0.3) is 0 Å². The minimum Gasteiger partial charge on any atom is -0.468 e. The van der Waals surface area contributed by atoms with Gasteiger partial charge in [-0.2, -0.15) is 0 Å². The van der Waals surface area contributed by atoms with E-state index in [0.717, 1.165) is 13.1 Å². The number of hydrogen-bond acceptors (Lipinski definition) is 4. The Hall–Kier alpha value is -0.810. The Morgan fingerprint density at radius 1 is 1.50 bits per heavy atom. The molecule has 106 valence electrons. The van der Waals surface area contributed by atoms with Gasteiger partial charge in [-0.3, -0.25) is 9.59 Å². The van der Waals surface area contributed by atoms with Gasteiger partial charge in [0.05, 0.1) is 7.11 Å². The van der Waals surface area contributed by atoms with E-state index in [1.807, 2.05) is 0 Å². The molecule has 2 N–H and O–H groups in total. The van der Waals surface area contributed by atoms with Gasteiger partial charge in [-0.25, -0.2) is 0 Å². The van der Waals surface area contributed by atoms with Gasteiger partial charge in [0.25, 0.3) is 0 Å². The third kappa shape index (κ3) is 6.21. The van der Waals surface area contributed by atoms with Crippen molar-refractivity contribution in [1.29, 1.82) is 0 Å². The standard InChI is InChI=1S/C12H22N2O3.ClH/c1-9(10-4-3-5-13-7-10)6-11(15)14-8-12(16)17-2;/h9-10,13H,3-8H2,1-2H3,(H,14,15);1H. The van der Waals surface area contributed by atoms with Gasteiger partial charge in [-0.15, -0.1) is 12.4 Å². The van der Waals surface area contributed by atoms with Crippen LogP contribution in [0.1, 0.15) is 26.2 Å². The molecule has 1 aliphatic rings. The van der Waals surface area contributed by atoms with Crippen molar-refractivity contribution in [2.75, 3.05) is 26.7 Å². The fourth-order valence-electron chi connectivity index (χ4n) is 2.14. The summed E-state index contributed by atoms with van der Waals surface area (Å²) < 4.78 is 4.46. The molecule has 1 fully saturated rings. The Balaban J connectivity index is 0.00000289. The van der Waals surface area contributed by atoms with Gasteiger partial charge in [-0.1, -0.05) is 6.92 Å². The maximum absolute atomic E-state index is 11.6. The van der Waals surface area contributed by atoms with E-state index in [-0.39, 0.29) is 24.9 Å². The topological polar surface area (TPSA) is 67.4 Å². The molecular formula is C12H23ClN2O3. The number of ether oxygens (including phenoxy) is 1. The Kier molecular flexibility index (Phi) is 8.75. The molecule has 1 aliphatic heterocycles. The van der Waals surface area contributed by atoms with E-state index >= 15 is 0 Å². The second-order valence-corrected chi connectivity index (χ2v) is 4.64. The number of piperidine rings is 1. The number of nitrogens with one attached hydrogen (secondary N) is 2. The molecule has 0 spiro atoms. The first-order valence-electron chi connectivity index (χ1n) is 6.17. The van der Waals surface area contributed by atoms with Crippen molar-refractivity contribution in [3.63, 3.8) is 0 Å². The lowest BCUT2D eigenvalue weighted by atomic mass is 9.85. The maximum Gasteiger partial charge on any atom is 0.325 e. The zero-order chi connectivity index (χ0) is 12.7. The summed E-state index contributed by atoms with van der Waals surface area (Å²) in [6.45, 7) is 4.13. The first kappa shape index (κ1) is 17.2. The quantitative estimate of drug-likeness (QED) is 0.728. The fourth-order valence-corrected chi connectivity index (χ4v) is 2.14. The highest BCUT2D eigenvalue weighted by atomic mass is 35.5. The Morgan fingerprint density at radius 3 is 2.78 bits per heavy atom. The van der Waals surface area contributed by atoms with Crippen molar-refractivity contribution >= 4 is 24.3 Å². The van der Waals surface area contributed by atoms with Crippen molar-refractivity contribution in [3.05, 3.63) is 0 Å². The zero-order valence-electron chi connectivity index (χ0n) is 11.0. The van der Waals surface area contributed by atoms with E-state index in [4.69, 9.17) is 0 Å². The maximum atomic E-state index is 11.6. The van der Waals surface area contributed by atoms with E-state index in [1.54, 1.807) is 0 Å². The molecule has 2 atom stereocenters. The van der Waals surface area contributed by atoms with Gasteiger partial charge < -0.3 is 15.4 Å². The number of amides is 1. The summed E-state index contributed by atoms with van der Waals surface area (Å²) in [5, 5.41) is 5.91. The summed E-state index contributed by atoms with van der Waals surface area (Å²) in [6, 6.07) is 0. The Labute approximate surface area is 114 Å². The molecule has 18 heavy (non-hydrogen) atoms. The van der Waals surface area contributed by atoms with E-state index < -0.39 is 5.97 Å². The first-order chi connectivity index (χ1) is 8.13. The van der Waals surface area contributed by atoms with Gasteiger partial charge in [0.2, 0.25) is 5.91 Å². The third-order valence-corrected chi connectivity index (χ3v) is 3.30. The van der Waals surface area contributed by atoms with Crippen molar-refractivity contribution < 1.29 is 14.3 Å². The summed E-state index contributed by atoms with van der Waals surface area (Å²) in [5.74, 6) is 0.423. The average Bonchev–Trinajstić information content (AvgIpc) is 2.36. The van der Waals surface area contributed by atoms with Crippen molar-refractivity contribution in [2.45, 2.75) is 26.2 Å². The Bertz CT molecular complexity index is 268. The van der Waals surface area contributed by atoms with Crippen molar-refractivity contribution in [2.24, 2.45) is 11.8 Å². The third-order valence-electron chi connectivity index (χ3n) is 3.30. The molecule has 0 aliphatic carbocycles. The highest BCUT2D eigenvalue weighted by Gasteiger charge is 2.22. The van der Waals surface area contributed by atoms with E-state index in [0.29, 0.717) is 18.3 Å². The van der Waals surface area contributed by atoms with Gasteiger partial charge in [0.15, 0.2) is 0 Å². The lowest BCUT2D eigenvalue weighted by molar-refractivity contribution is -0.141. The number of esters is 1. The van der Waals surface area contributed by atoms with Gasteiger partial charge in [0.1, 0.15) is 6.54 Å². The molecule has 6 heteroatoms. The molecule has 0 aromatic rings. The highest BCUT2D eigenvalue weighted by molar-refractivity contribution is 5.85. The summed E-state index contributed by atoms with van der Waals surface area (Å²) in [6.07, 6.45) is 2.83. The molecule has 2 unspecified atom stereocenters. The minimum atomic E-state index is -0.412. The molecule has 1 amide bonds. The molecule has 0 aromatic heterocycles. The van der Waals surface area contributed by atoms with Crippen LogP contribution in [-0.2, 0) is 14.3 Å². The summed E-state index contributed by atoms with van der Waals surface area (Å²) in [4.78, 5) is 22.4. The lowest BCUT2D eigenvalue weighted by Gasteiger charge is -2.27. The van der Waals surface area contributed by atoms with Crippen LogP contribution in [-0.4, -0.2) is 38.6 Å².